The summed E-state index contributed by atoms with van der Waals surface area (Å²) >= 11 is 1.38. The van der Waals surface area contributed by atoms with Crippen molar-refractivity contribution in [1.82, 2.24) is 10.6 Å². The van der Waals surface area contributed by atoms with E-state index < -0.39 is 23.8 Å². The lowest BCUT2D eigenvalue weighted by Crippen LogP contribution is -2.48. The van der Waals surface area contributed by atoms with E-state index in [1.54, 1.807) is 42.5 Å². The van der Waals surface area contributed by atoms with E-state index in [1.165, 1.54) is 24.3 Å². The van der Waals surface area contributed by atoms with E-state index in [-0.39, 0.29) is 5.70 Å². The van der Waals surface area contributed by atoms with Gasteiger partial charge in [0.1, 0.15) is 5.70 Å². The Kier molecular flexibility index (Phi) is 5.86. The van der Waals surface area contributed by atoms with Gasteiger partial charge in [-0.15, -0.1) is 11.3 Å². The fraction of sp³-hybridized carbons (Fsp3) is 0.118. The van der Waals surface area contributed by atoms with E-state index in [1.807, 2.05) is 5.38 Å². The Bertz CT molecular complexity index is 754. The Morgan fingerprint density at radius 1 is 1.12 bits per heavy atom. The first kappa shape index (κ1) is 17.4. The van der Waals surface area contributed by atoms with Gasteiger partial charge < -0.3 is 20.5 Å². The molecule has 0 saturated carbocycles. The van der Waals surface area contributed by atoms with Gasteiger partial charge in [-0.3, -0.25) is 9.59 Å². The largest absolute Gasteiger partial charge is 0.548 e. The number of nitrogens with one attached hydrogen (secondary N) is 2. The SMILES string of the molecule is C[C@H](NC(=O)/C(=C\c1cccs1)NC(=O)c1ccccc1)C(=O)[O-]. The van der Waals surface area contributed by atoms with Crippen LogP contribution in [-0.2, 0) is 9.59 Å². The minimum Gasteiger partial charge on any atom is -0.548 e. The predicted molar refractivity (Wildman–Crippen MR) is 88.8 cm³/mol. The number of carbonyl (C=O) groups excluding carboxylic acids is 3. The van der Waals surface area contributed by atoms with Crippen molar-refractivity contribution in [1.29, 1.82) is 0 Å². The number of carboxylic acid groups (broad SMARTS) is 1. The van der Waals surface area contributed by atoms with Crippen LogP contribution in [0.25, 0.3) is 6.08 Å². The van der Waals surface area contributed by atoms with Crippen molar-refractivity contribution in [2.75, 3.05) is 0 Å². The average Bonchev–Trinajstić information content (AvgIpc) is 3.07. The third-order valence-electron chi connectivity index (χ3n) is 3.06. The number of carboxylic acids is 1. The molecule has 0 saturated heterocycles. The summed E-state index contributed by atoms with van der Waals surface area (Å²) in [5, 5.41) is 17.4. The summed E-state index contributed by atoms with van der Waals surface area (Å²) in [4.78, 5) is 36.1. The lowest BCUT2D eigenvalue weighted by Gasteiger charge is -2.16. The molecule has 2 N–H and O–H groups in total. The molecule has 1 heterocycles. The van der Waals surface area contributed by atoms with Crippen molar-refractivity contribution in [3.8, 4) is 0 Å². The molecule has 1 aromatic heterocycles. The van der Waals surface area contributed by atoms with Crippen LogP contribution in [0.1, 0.15) is 22.2 Å². The Balaban J connectivity index is 2.22. The number of benzene rings is 1. The second-order valence-electron chi connectivity index (χ2n) is 4.91. The van der Waals surface area contributed by atoms with Crippen LogP contribution in [0.3, 0.4) is 0 Å². The Morgan fingerprint density at radius 2 is 1.83 bits per heavy atom. The first-order valence-corrected chi connectivity index (χ1v) is 7.98. The van der Waals surface area contributed by atoms with Crippen molar-refractivity contribution < 1.29 is 19.5 Å². The topological polar surface area (TPSA) is 98.3 Å². The van der Waals surface area contributed by atoms with Crippen LogP contribution in [0.2, 0.25) is 0 Å². The number of aliphatic carboxylic acids is 1. The Labute approximate surface area is 142 Å². The third-order valence-corrected chi connectivity index (χ3v) is 3.88. The van der Waals surface area contributed by atoms with Crippen molar-refractivity contribution in [2.45, 2.75) is 13.0 Å². The molecular weight excluding hydrogens is 328 g/mol. The molecule has 0 fully saturated rings. The van der Waals surface area contributed by atoms with Gasteiger partial charge in [0.2, 0.25) is 0 Å². The second-order valence-corrected chi connectivity index (χ2v) is 5.89. The highest BCUT2D eigenvalue weighted by atomic mass is 32.1. The quantitative estimate of drug-likeness (QED) is 0.757. The zero-order valence-corrected chi connectivity index (χ0v) is 13.6. The smallest absolute Gasteiger partial charge is 0.268 e. The van der Waals surface area contributed by atoms with E-state index in [9.17, 15) is 19.5 Å². The molecule has 0 unspecified atom stereocenters. The van der Waals surface area contributed by atoms with Crippen molar-refractivity contribution in [2.24, 2.45) is 0 Å². The maximum absolute atomic E-state index is 12.3. The average molecular weight is 343 g/mol. The number of hydrogen-bond acceptors (Lipinski definition) is 5. The van der Waals surface area contributed by atoms with Crippen LogP contribution >= 0.6 is 11.3 Å². The molecule has 24 heavy (non-hydrogen) atoms. The van der Waals surface area contributed by atoms with Crippen LogP contribution in [-0.4, -0.2) is 23.8 Å². The van der Waals surface area contributed by atoms with Crippen LogP contribution in [0.15, 0.2) is 53.5 Å². The van der Waals surface area contributed by atoms with Crippen LogP contribution in [0.5, 0.6) is 0 Å². The standard InChI is InChI=1S/C17H16N2O4S/c1-11(17(22)23)18-16(21)14(10-13-8-5-9-24-13)19-15(20)12-6-3-2-4-7-12/h2-11H,1H3,(H,18,21)(H,19,20)(H,22,23)/p-1/b14-10+/t11-/m0/s1. The van der Waals surface area contributed by atoms with Gasteiger partial charge in [-0.1, -0.05) is 24.3 Å². The molecule has 0 aliphatic heterocycles. The van der Waals surface area contributed by atoms with Crippen LogP contribution in [0, 0.1) is 0 Å². The molecule has 7 heteroatoms. The minimum absolute atomic E-state index is 0.0422. The van der Waals surface area contributed by atoms with Crippen molar-refractivity contribution in [3.63, 3.8) is 0 Å². The van der Waals surface area contributed by atoms with Gasteiger partial charge in [-0.25, -0.2) is 0 Å². The van der Waals surface area contributed by atoms with Gasteiger partial charge >= 0.3 is 0 Å². The van der Waals surface area contributed by atoms with E-state index in [0.717, 1.165) is 4.88 Å². The molecule has 124 valence electrons. The van der Waals surface area contributed by atoms with Crippen molar-refractivity contribution in [3.05, 3.63) is 64.0 Å². The van der Waals surface area contributed by atoms with E-state index in [2.05, 4.69) is 10.6 Å². The maximum Gasteiger partial charge on any atom is 0.268 e. The fourth-order valence-electron chi connectivity index (χ4n) is 1.79. The van der Waals surface area contributed by atoms with Crippen LogP contribution in [0.4, 0.5) is 0 Å². The second kappa shape index (κ2) is 8.07. The minimum atomic E-state index is -1.41. The van der Waals surface area contributed by atoms with E-state index >= 15 is 0 Å². The molecule has 1 aromatic carbocycles. The van der Waals surface area contributed by atoms with Crippen LogP contribution < -0.4 is 15.7 Å². The molecule has 2 amide bonds. The zero-order valence-electron chi connectivity index (χ0n) is 12.8. The normalized spacial score (nSPS) is 12.3. The van der Waals surface area contributed by atoms with E-state index in [0.29, 0.717) is 5.56 Å². The lowest BCUT2D eigenvalue weighted by molar-refractivity contribution is -0.307. The number of hydrogen-bond donors (Lipinski definition) is 2. The molecule has 6 nitrogen and oxygen atoms in total. The molecule has 2 aromatic rings. The molecule has 0 radical (unpaired) electrons. The Morgan fingerprint density at radius 3 is 2.42 bits per heavy atom. The summed E-state index contributed by atoms with van der Waals surface area (Å²) in [6.45, 7) is 1.29. The van der Waals surface area contributed by atoms with Crippen molar-refractivity contribution >= 4 is 35.2 Å². The summed E-state index contributed by atoms with van der Waals surface area (Å²) in [5.41, 5.74) is 0.342. The summed E-state index contributed by atoms with van der Waals surface area (Å²) < 4.78 is 0. The number of rotatable bonds is 6. The molecule has 0 spiro atoms. The first-order valence-electron chi connectivity index (χ1n) is 7.10. The van der Waals surface area contributed by atoms with Gasteiger partial charge in [0.05, 0.1) is 12.0 Å². The van der Waals surface area contributed by atoms with Gasteiger partial charge in [0, 0.05) is 10.4 Å². The summed E-state index contributed by atoms with van der Waals surface area (Å²) in [6, 6.07) is 10.8. The molecule has 0 bridgehead atoms. The molecule has 0 aliphatic carbocycles. The Hall–Kier alpha value is -2.93. The monoisotopic (exact) mass is 343 g/mol. The summed E-state index contributed by atoms with van der Waals surface area (Å²) in [5.74, 6) is -2.58. The van der Waals surface area contributed by atoms with Gasteiger partial charge in [0.25, 0.3) is 11.8 Å². The third kappa shape index (κ3) is 4.79. The molecule has 2 rings (SSSR count). The van der Waals surface area contributed by atoms with E-state index in [4.69, 9.17) is 0 Å². The fourth-order valence-corrected chi connectivity index (χ4v) is 2.45. The zero-order chi connectivity index (χ0) is 17.5. The van der Waals surface area contributed by atoms with Gasteiger partial charge in [-0.05, 0) is 36.6 Å². The predicted octanol–water partition coefficient (Wildman–Crippen LogP) is 0.774. The number of carbonyl (C=O) groups is 3. The lowest BCUT2D eigenvalue weighted by atomic mass is 10.2. The first-order chi connectivity index (χ1) is 11.5. The highest BCUT2D eigenvalue weighted by Gasteiger charge is 2.17. The maximum atomic E-state index is 12.3. The highest BCUT2D eigenvalue weighted by Crippen LogP contribution is 2.13. The number of thiophene rings is 1. The molecule has 1 atom stereocenters. The molecular formula is C17H15N2O4S-. The summed E-state index contributed by atoms with van der Waals surface area (Å²) in [6.07, 6.45) is 1.49. The summed E-state index contributed by atoms with van der Waals surface area (Å²) in [7, 11) is 0. The number of amides is 2. The van der Waals surface area contributed by atoms with Gasteiger partial charge in [0.15, 0.2) is 0 Å². The molecule has 0 aliphatic rings. The van der Waals surface area contributed by atoms with Gasteiger partial charge in [-0.2, -0.15) is 0 Å². The highest BCUT2D eigenvalue weighted by molar-refractivity contribution is 7.10.